The van der Waals surface area contributed by atoms with Crippen LogP contribution in [0.1, 0.15) is 20.7 Å². The van der Waals surface area contributed by atoms with Gasteiger partial charge in [0, 0.05) is 0 Å². The van der Waals surface area contributed by atoms with E-state index in [1.54, 1.807) is 24.3 Å². The van der Waals surface area contributed by atoms with E-state index in [2.05, 4.69) is 0 Å². The summed E-state index contributed by atoms with van der Waals surface area (Å²) in [5.41, 5.74) is 5.98. The Hall–Kier alpha value is -1.68. The molecule has 2 N–H and O–H groups in total. The van der Waals surface area contributed by atoms with Crippen molar-refractivity contribution < 1.29 is 9.59 Å². The number of rotatable bonds is 1. The van der Waals surface area contributed by atoms with E-state index in [0.29, 0.717) is 11.1 Å². The van der Waals surface area contributed by atoms with Gasteiger partial charge in [-0.2, -0.15) is 0 Å². The predicted octanol–water partition coefficient (Wildman–Crippen LogP) is 0.361. The summed E-state index contributed by atoms with van der Waals surface area (Å²) in [6.45, 7) is 0.991. The van der Waals surface area contributed by atoms with Gasteiger partial charge >= 0.3 is 0 Å². The standard InChI is InChI=1S/C9H7N2O2/c10-5-11-8(12)6-3-1-2-4-7(6)9(11)13/h1-5H,10H2. The third kappa shape index (κ3) is 0.957. The van der Waals surface area contributed by atoms with Crippen LogP contribution in [0.4, 0.5) is 0 Å². The summed E-state index contributed by atoms with van der Waals surface area (Å²) in [4.78, 5) is 23.8. The van der Waals surface area contributed by atoms with Gasteiger partial charge in [-0.3, -0.25) is 14.5 Å². The average molecular weight is 175 g/mol. The summed E-state index contributed by atoms with van der Waals surface area (Å²) >= 11 is 0. The number of carbonyl (C=O) groups is 2. The highest BCUT2D eigenvalue weighted by Gasteiger charge is 2.34. The second kappa shape index (κ2) is 2.67. The van der Waals surface area contributed by atoms with Gasteiger partial charge in [0.15, 0.2) is 0 Å². The predicted molar refractivity (Wildman–Crippen MR) is 45.4 cm³/mol. The number of amides is 2. The lowest BCUT2D eigenvalue weighted by Gasteiger charge is -2.07. The molecule has 1 aliphatic heterocycles. The van der Waals surface area contributed by atoms with Gasteiger partial charge in [0.1, 0.15) is 6.67 Å². The van der Waals surface area contributed by atoms with Crippen LogP contribution in [0.3, 0.4) is 0 Å². The normalized spacial score (nSPS) is 15.0. The fraction of sp³-hybridized carbons (Fsp3) is 0. The molecule has 2 rings (SSSR count). The first-order valence-corrected chi connectivity index (χ1v) is 3.77. The first-order chi connectivity index (χ1) is 6.25. The zero-order valence-corrected chi connectivity index (χ0v) is 6.73. The number of nitrogens with two attached hydrogens (primary N) is 1. The van der Waals surface area contributed by atoms with Crippen LogP contribution in [-0.2, 0) is 0 Å². The third-order valence-corrected chi connectivity index (χ3v) is 1.97. The molecule has 0 fully saturated rings. The van der Waals surface area contributed by atoms with E-state index >= 15 is 0 Å². The average Bonchev–Trinajstić information content (AvgIpc) is 2.41. The van der Waals surface area contributed by atoms with Crippen LogP contribution in [-0.4, -0.2) is 16.7 Å². The van der Waals surface area contributed by atoms with Gasteiger partial charge in [-0.1, -0.05) is 12.1 Å². The van der Waals surface area contributed by atoms with Gasteiger partial charge in [-0.05, 0) is 12.1 Å². The minimum Gasteiger partial charge on any atom is -0.308 e. The van der Waals surface area contributed by atoms with Gasteiger partial charge in [0.2, 0.25) is 0 Å². The summed E-state index contributed by atoms with van der Waals surface area (Å²) in [7, 11) is 0. The summed E-state index contributed by atoms with van der Waals surface area (Å²) in [6, 6.07) is 6.65. The lowest BCUT2D eigenvalue weighted by molar-refractivity contribution is 0.0696. The Kier molecular flexibility index (Phi) is 1.63. The topological polar surface area (TPSA) is 63.4 Å². The quantitative estimate of drug-likeness (QED) is 0.627. The van der Waals surface area contributed by atoms with Crippen LogP contribution in [0.25, 0.3) is 0 Å². The van der Waals surface area contributed by atoms with Gasteiger partial charge in [-0.15, -0.1) is 0 Å². The van der Waals surface area contributed by atoms with Crippen LogP contribution >= 0.6 is 0 Å². The highest BCUT2D eigenvalue weighted by Crippen LogP contribution is 2.21. The maximum atomic E-state index is 11.4. The minimum absolute atomic E-state index is 0.358. The molecule has 4 heteroatoms. The Labute approximate surface area is 74.9 Å². The van der Waals surface area contributed by atoms with Crippen molar-refractivity contribution in [3.05, 3.63) is 42.1 Å². The van der Waals surface area contributed by atoms with E-state index < -0.39 is 0 Å². The van der Waals surface area contributed by atoms with Gasteiger partial charge < -0.3 is 5.73 Å². The van der Waals surface area contributed by atoms with Crippen LogP contribution in [0, 0.1) is 6.67 Å². The second-order valence-electron chi connectivity index (χ2n) is 2.67. The van der Waals surface area contributed by atoms with E-state index in [0.717, 1.165) is 11.6 Å². The molecule has 1 radical (unpaired) electrons. The van der Waals surface area contributed by atoms with Gasteiger partial charge in [0.05, 0.1) is 11.1 Å². The molecule has 0 atom stereocenters. The molecule has 1 aromatic carbocycles. The number of fused-ring (bicyclic) bond motifs is 1. The largest absolute Gasteiger partial charge is 0.308 e. The molecule has 1 heterocycles. The van der Waals surface area contributed by atoms with Crippen LogP contribution in [0.15, 0.2) is 24.3 Å². The number of carbonyl (C=O) groups excluding carboxylic acids is 2. The van der Waals surface area contributed by atoms with Crippen molar-refractivity contribution in [3.63, 3.8) is 0 Å². The number of benzene rings is 1. The van der Waals surface area contributed by atoms with Crippen molar-refractivity contribution in [2.75, 3.05) is 0 Å². The van der Waals surface area contributed by atoms with Crippen molar-refractivity contribution >= 4 is 11.8 Å². The van der Waals surface area contributed by atoms with Crippen molar-refractivity contribution in [2.45, 2.75) is 0 Å². The Bertz CT molecular complexity index is 352. The van der Waals surface area contributed by atoms with Gasteiger partial charge in [0.25, 0.3) is 11.8 Å². The van der Waals surface area contributed by atoms with Crippen molar-refractivity contribution in [1.82, 2.24) is 4.90 Å². The number of nitrogens with zero attached hydrogens (tertiary/aromatic N) is 1. The molecule has 0 bridgehead atoms. The number of imide groups is 1. The molecule has 0 aromatic heterocycles. The summed E-state index contributed by atoms with van der Waals surface area (Å²) in [5.74, 6) is -0.716. The van der Waals surface area contributed by atoms with E-state index in [4.69, 9.17) is 5.73 Å². The molecule has 13 heavy (non-hydrogen) atoms. The molecule has 2 amide bonds. The molecule has 0 aliphatic carbocycles. The Morgan fingerprint density at radius 1 is 1.08 bits per heavy atom. The molecule has 0 saturated heterocycles. The van der Waals surface area contributed by atoms with E-state index in [1.165, 1.54) is 0 Å². The molecular weight excluding hydrogens is 168 g/mol. The molecule has 0 saturated carbocycles. The molecule has 0 unspecified atom stereocenters. The van der Waals surface area contributed by atoms with Gasteiger partial charge in [-0.25, -0.2) is 0 Å². The monoisotopic (exact) mass is 175 g/mol. The molecule has 0 spiro atoms. The maximum absolute atomic E-state index is 11.4. The summed E-state index contributed by atoms with van der Waals surface area (Å²) in [5, 5.41) is 0. The fourth-order valence-electron chi connectivity index (χ4n) is 1.34. The Morgan fingerprint density at radius 2 is 1.54 bits per heavy atom. The Balaban J connectivity index is 2.57. The number of hydrogen-bond acceptors (Lipinski definition) is 3. The fourth-order valence-corrected chi connectivity index (χ4v) is 1.34. The van der Waals surface area contributed by atoms with E-state index in [9.17, 15) is 9.59 Å². The Morgan fingerprint density at radius 3 is 1.92 bits per heavy atom. The first-order valence-electron chi connectivity index (χ1n) is 3.77. The molecule has 65 valence electrons. The second-order valence-corrected chi connectivity index (χ2v) is 2.67. The third-order valence-electron chi connectivity index (χ3n) is 1.97. The maximum Gasteiger partial charge on any atom is 0.262 e. The first kappa shape index (κ1) is 7.94. The smallest absolute Gasteiger partial charge is 0.262 e. The number of hydrogen-bond donors (Lipinski definition) is 1. The molecule has 4 nitrogen and oxygen atoms in total. The van der Waals surface area contributed by atoms with Crippen LogP contribution in [0.2, 0.25) is 0 Å². The zero-order chi connectivity index (χ0) is 9.42. The molecular formula is C9H7N2O2. The minimum atomic E-state index is -0.358. The van der Waals surface area contributed by atoms with Crippen LogP contribution < -0.4 is 5.73 Å². The van der Waals surface area contributed by atoms with Crippen LogP contribution in [0.5, 0.6) is 0 Å². The van der Waals surface area contributed by atoms with Crippen molar-refractivity contribution in [2.24, 2.45) is 5.73 Å². The SMILES string of the molecule is N[CH]N1C(=O)c2ccccc2C1=O. The van der Waals surface area contributed by atoms with Crippen molar-refractivity contribution in [1.29, 1.82) is 0 Å². The highest BCUT2D eigenvalue weighted by molar-refractivity contribution is 6.21. The zero-order valence-electron chi connectivity index (χ0n) is 6.73. The van der Waals surface area contributed by atoms with E-state index in [-0.39, 0.29) is 11.8 Å². The highest BCUT2D eigenvalue weighted by atomic mass is 16.2. The lowest BCUT2D eigenvalue weighted by Crippen LogP contribution is -2.30. The van der Waals surface area contributed by atoms with Crippen molar-refractivity contribution in [3.8, 4) is 0 Å². The molecule has 1 aromatic rings. The summed E-state index contributed by atoms with van der Waals surface area (Å²) < 4.78 is 0. The lowest BCUT2D eigenvalue weighted by atomic mass is 10.1. The summed E-state index contributed by atoms with van der Waals surface area (Å²) in [6.07, 6.45) is 0. The molecule has 1 aliphatic rings. The van der Waals surface area contributed by atoms with E-state index in [1.807, 2.05) is 0 Å².